The van der Waals surface area contributed by atoms with E-state index in [2.05, 4.69) is 40.5 Å². The SMILES string of the molecule is O=C1NCC(C2CN(CCc3ccccc3)C2)OC12CC2. The first-order valence-electron chi connectivity index (χ1n) is 7.98. The topological polar surface area (TPSA) is 41.6 Å². The molecule has 0 aromatic heterocycles. The van der Waals surface area contributed by atoms with Gasteiger partial charge in [-0.1, -0.05) is 30.3 Å². The van der Waals surface area contributed by atoms with Crippen molar-refractivity contribution in [2.24, 2.45) is 5.92 Å². The molecule has 1 spiro atoms. The van der Waals surface area contributed by atoms with Crippen LogP contribution in [0.25, 0.3) is 0 Å². The number of ether oxygens (including phenoxy) is 1. The lowest BCUT2D eigenvalue weighted by molar-refractivity contribution is -0.159. The van der Waals surface area contributed by atoms with Crippen molar-refractivity contribution in [1.29, 1.82) is 0 Å². The van der Waals surface area contributed by atoms with Gasteiger partial charge in [0.2, 0.25) is 0 Å². The van der Waals surface area contributed by atoms with Crippen molar-refractivity contribution >= 4 is 5.91 Å². The lowest BCUT2D eigenvalue weighted by Gasteiger charge is -2.45. The first-order valence-corrected chi connectivity index (χ1v) is 7.98. The standard InChI is InChI=1S/C17H22N2O2/c20-16-17(7-8-17)21-15(10-18-16)14-11-19(12-14)9-6-13-4-2-1-3-5-13/h1-5,14-15H,6-12H2,(H,18,20). The predicted octanol–water partition coefficient (Wildman–Crippen LogP) is 1.21. The number of nitrogens with one attached hydrogen (secondary N) is 1. The van der Waals surface area contributed by atoms with E-state index in [1.165, 1.54) is 5.56 Å². The van der Waals surface area contributed by atoms with Crippen LogP contribution in [0.4, 0.5) is 0 Å². The van der Waals surface area contributed by atoms with Gasteiger partial charge in [0.1, 0.15) is 5.60 Å². The second-order valence-corrected chi connectivity index (χ2v) is 6.62. The first-order chi connectivity index (χ1) is 10.3. The minimum Gasteiger partial charge on any atom is -0.360 e. The maximum absolute atomic E-state index is 11.7. The van der Waals surface area contributed by atoms with Crippen molar-refractivity contribution in [2.45, 2.75) is 31.0 Å². The highest BCUT2D eigenvalue weighted by atomic mass is 16.5. The maximum atomic E-state index is 11.7. The summed E-state index contributed by atoms with van der Waals surface area (Å²) < 4.78 is 6.07. The Kier molecular flexibility index (Phi) is 3.23. The van der Waals surface area contributed by atoms with Crippen molar-refractivity contribution in [3.8, 4) is 0 Å². The Morgan fingerprint density at radius 1 is 1.24 bits per heavy atom. The first kappa shape index (κ1) is 13.3. The molecule has 2 heterocycles. The number of benzene rings is 1. The summed E-state index contributed by atoms with van der Waals surface area (Å²) in [6, 6.07) is 10.6. The second-order valence-electron chi connectivity index (χ2n) is 6.62. The highest BCUT2D eigenvalue weighted by Crippen LogP contribution is 2.44. The minimum absolute atomic E-state index is 0.110. The molecule has 0 bridgehead atoms. The van der Waals surface area contributed by atoms with Crippen molar-refractivity contribution in [3.05, 3.63) is 35.9 Å². The van der Waals surface area contributed by atoms with Crippen LogP contribution in [0, 0.1) is 5.92 Å². The lowest BCUT2D eigenvalue weighted by Crippen LogP contribution is -2.60. The van der Waals surface area contributed by atoms with Gasteiger partial charge in [0.25, 0.3) is 5.91 Å². The summed E-state index contributed by atoms with van der Waals surface area (Å²) in [5.41, 5.74) is 0.965. The van der Waals surface area contributed by atoms with Crippen molar-refractivity contribution in [1.82, 2.24) is 10.2 Å². The van der Waals surface area contributed by atoms with E-state index >= 15 is 0 Å². The van der Waals surface area contributed by atoms with E-state index in [1.54, 1.807) is 0 Å². The van der Waals surface area contributed by atoms with Gasteiger partial charge in [-0.05, 0) is 24.8 Å². The van der Waals surface area contributed by atoms with Crippen molar-refractivity contribution in [3.63, 3.8) is 0 Å². The lowest BCUT2D eigenvalue weighted by atomic mass is 9.91. The minimum atomic E-state index is -0.437. The average molecular weight is 286 g/mol. The number of morpholine rings is 1. The van der Waals surface area contributed by atoms with E-state index in [4.69, 9.17) is 4.74 Å². The highest BCUT2D eigenvalue weighted by molar-refractivity contribution is 5.88. The van der Waals surface area contributed by atoms with E-state index in [1.807, 2.05) is 0 Å². The number of rotatable bonds is 4. The molecule has 1 aromatic rings. The summed E-state index contributed by atoms with van der Waals surface area (Å²) in [6.07, 6.45) is 3.14. The summed E-state index contributed by atoms with van der Waals surface area (Å²) in [6.45, 7) is 4.01. The monoisotopic (exact) mass is 286 g/mol. The number of hydrogen-bond acceptors (Lipinski definition) is 3. The molecule has 4 heteroatoms. The summed E-state index contributed by atoms with van der Waals surface area (Å²) >= 11 is 0. The van der Waals surface area contributed by atoms with E-state index in [0.717, 1.165) is 38.9 Å². The zero-order valence-electron chi connectivity index (χ0n) is 12.3. The number of likely N-dealkylation sites (tertiary alicyclic amines) is 1. The molecule has 2 aliphatic heterocycles. The van der Waals surface area contributed by atoms with Gasteiger partial charge in [-0.3, -0.25) is 4.79 Å². The third-order valence-corrected chi connectivity index (χ3v) is 5.03. The van der Waals surface area contributed by atoms with Crippen LogP contribution in [0.3, 0.4) is 0 Å². The van der Waals surface area contributed by atoms with Crippen LogP contribution in [0.15, 0.2) is 30.3 Å². The molecular weight excluding hydrogens is 264 g/mol. The van der Waals surface area contributed by atoms with Crippen molar-refractivity contribution in [2.75, 3.05) is 26.2 Å². The fourth-order valence-electron chi connectivity index (χ4n) is 3.42. The fourth-order valence-corrected chi connectivity index (χ4v) is 3.42. The highest BCUT2D eigenvalue weighted by Gasteiger charge is 2.56. The smallest absolute Gasteiger partial charge is 0.252 e. The molecule has 1 atom stereocenters. The quantitative estimate of drug-likeness (QED) is 0.904. The number of nitrogens with zero attached hydrogens (tertiary/aromatic N) is 1. The van der Waals surface area contributed by atoms with Crippen molar-refractivity contribution < 1.29 is 9.53 Å². The maximum Gasteiger partial charge on any atom is 0.252 e. The Hall–Kier alpha value is -1.39. The number of amides is 1. The largest absolute Gasteiger partial charge is 0.360 e. The summed E-state index contributed by atoms with van der Waals surface area (Å²) in [5, 5.41) is 3.02. The number of carbonyl (C=O) groups excluding carboxylic acids is 1. The summed E-state index contributed by atoms with van der Waals surface area (Å²) in [5.74, 6) is 0.692. The van der Waals surface area contributed by atoms with Crippen LogP contribution < -0.4 is 5.32 Å². The molecule has 0 radical (unpaired) electrons. The molecule has 1 saturated carbocycles. The Morgan fingerprint density at radius 2 is 2.00 bits per heavy atom. The number of hydrogen-bond donors (Lipinski definition) is 1. The van der Waals surface area contributed by atoms with E-state index in [-0.39, 0.29) is 12.0 Å². The molecule has 1 unspecified atom stereocenters. The zero-order valence-corrected chi connectivity index (χ0v) is 12.3. The van der Waals surface area contributed by atoms with E-state index in [0.29, 0.717) is 12.5 Å². The Balaban J connectivity index is 1.23. The van der Waals surface area contributed by atoms with Gasteiger partial charge in [-0.2, -0.15) is 0 Å². The normalized spacial score (nSPS) is 28.2. The third kappa shape index (κ3) is 2.58. The molecule has 4 nitrogen and oxygen atoms in total. The van der Waals surface area contributed by atoms with Crippen LogP contribution in [-0.4, -0.2) is 48.7 Å². The summed E-state index contributed by atoms with van der Waals surface area (Å²) in [4.78, 5) is 14.2. The van der Waals surface area contributed by atoms with Gasteiger partial charge in [0.15, 0.2) is 0 Å². The molecule has 1 N–H and O–H groups in total. The molecule has 2 saturated heterocycles. The third-order valence-electron chi connectivity index (χ3n) is 5.03. The molecule has 4 rings (SSSR count). The van der Waals surface area contributed by atoms with Gasteiger partial charge in [0.05, 0.1) is 6.10 Å². The van der Waals surface area contributed by atoms with E-state index in [9.17, 15) is 4.79 Å². The molecule has 21 heavy (non-hydrogen) atoms. The fraction of sp³-hybridized carbons (Fsp3) is 0.588. The molecule has 3 fully saturated rings. The Bertz CT molecular complexity index is 521. The molecule has 3 aliphatic rings. The van der Waals surface area contributed by atoms with Crippen LogP contribution in [0.1, 0.15) is 18.4 Å². The molecular formula is C17H22N2O2. The van der Waals surface area contributed by atoms with E-state index < -0.39 is 5.60 Å². The van der Waals surface area contributed by atoms with Crippen LogP contribution in [-0.2, 0) is 16.0 Å². The molecule has 1 aromatic carbocycles. The Labute approximate surface area is 125 Å². The van der Waals surface area contributed by atoms with Crippen LogP contribution in [0.2, 0.25) is 0 Å². The van der Waals surface area contributed by atoms with Gasteiger partial charge in [0, 0.05) is 32.1 Å². The zero-order chi connectivity index (χ0) is 14.3. The molecule has 1 aliphatic carbocycles. The molecule has 112 valence electrons. The van der Waals surface area contributed by atoms with Gasteiger partial charge in [-0.25, -0.2) is 0 Å². The van der Waals surface area contributed by atoms with Gasteiger partial charge in [-0.15, -0.1) is 0 Å². The van der Waals surface area contributed by atoms with Gasteiger partial charge < -0.3 is 15.0 Å². The van der Waals surface area contributed by atoms with Gasteiger partial charge >= 0.3 is 0 Å². The Morgan fingerprint density at radius 3 is 2.71 bits per heavy atom. The average Bonchev–Trinajstić information content (AvgIpc) is 3.23. The summed E-state index contributed by atoms with van der Waals surface area (Å²) in [7, 11) is 0. The van der Waals surface area contributed by atoms with Crippen LogP contribution in [0.5, 0.6) is 0 Å². The number of carbonyl (C=O) groups is 1. The predicted molar refractivity (Wildman–Crippen MR) is 79.9 cm³/mol. The van der Waals surface area contributed by atoms with Crippen LogP contribution >= 0.6 is 0 Å². The molecule has 1 amide bonds. The second kappa shape index (κ2) is 5.11.